The normalized spacial score (nSPS) is 12.2. The highest BCUT2D eigenvalue weighted by molar-refractivity contribution is 7.92. The molecule has 1 amide bonds. The third-order valence-electron chi connectivity index (χ3n) is 3.90. The Balaban J connectivity index is 2.41. The van der Waals surface area contributed by atoms with Crippen molar-refractivity contribution < 1.29 is 31.7 Å². The number of sulfonamides is 1. The summed E-state index contributed by atoms with van der Waals surface area (Å²) in [6.07, 6.45) is 0.798. The van der Waals surface area contributed by atoms with Gasteiger partial charge in [-0.3, -0.25) is 19.2 Å². The number of ether oxygens (including phenoxy) is 1. The molecule has 2 aromatic carbocycles. The first-order valence-corrected chi connectivity index (χ1v) is 9.88. The van der Waals surface area contributed by atoms with Crippen molar-refractivity contribution in [2.45, 2.75) is 13.0 Å². The average molecular weight is 429 g/mol. The molecule has 12 heteroatoms. The number of carbonyl (C=O) groups excluding carboxylic acids is 1. The summed E-state index contributed by atoms with van der Waals surface area (Å²) in [6, 6.07) is 4.47. The number of nitro benzene ring substituents is 1. The Kier molecular flexibility index (Phi) is 6.37. The molecule has 0 aliphatic rings. The molecule has 1 N–H and O–H groups in total. The minimum Gasteiger partial charge on any atom is -0.495 e. The zero-order chi connectivity index (χ0) is 21.9. The largest absolute Gasteiger partial charge is 0.495 e. The lowest BCUT2D eigenvalue weighted by atomic mass is 10.2. The second-order valence-corrected chi connectivity index (χ2v) is 7.82. The Morgan fingerprint density at radius 2 is 1.86 bits per heavy atom. The van der Waals surface area contributed by atoms with Crippen LogP contribution >= 0.6 is 0 Å². The Morgan fingerprint density at radius 1 is 1.21 bits per heavy atom. The van der Waals surface area contributed by atoms with Crippen LogP contribution in [0.15, 0.2) is 36.4 Å². The highest BCUT2D eigenvalue weighted by Gasteiger charge is 2.30. The number of benzene rings is 2. The van der Waals surface area contributed by atoms with Crippen molar-refractivity contribution in [2.75, 3.05) is 23.0 Å². The van der Waals surface area contributed by atoms with Crippen molar-refractivity contribution in [1.29, 1.82) is 0 Å². The Labute approximate surface area is 165 Å². The summed E-state index contributed by atoms with van der Waals surface area (Å²) in [5.74, 6) is -3.24. The van der Waals surface area contributed by atoms with Gasteiger partial charge in [0.2, 0.25) is 15.9 Å². The smallest absolute Gasteiger partial charge is 0.271 e. The summed E-state index contributed by atoms with van der Waals surface area (Å²) in [6.45, 7) is 1.22. The van der Waals surface area contributed by atoms with E-state index in [2.05, 4.69) is 5.32 Å². The van der Waals surface area contributed by atoms with Gasteiger partial charge in [-0.15, -0.1) is 0 Å². The van der Waals surface area contributed by atoms with Crippen LogP contribution < -0.4 is 14.4 Å². The van der Waals surface area contributed by atoms with E-state index in [0.29, 0.717) is 10.4 Å². The van der Waals surface area contributed by atoms with Gasteiger partial charge in [0.05, 0.1) is 29.7 Å². The summed E-state index contributed by atoms with van der Waals surface area (Å²) in [4.78, 5) is 22.9. The number of nitrogens with zero attached hydrogens (tertiary/aromatic N) is 2. The predicted molar refractivity (Wildman–Crippen MR) is 101 cm³/mol. The summed E-state index contributed by atoms with van der Waals surface area (Å²) in [7, 11) is -2.80. The third-order valence-corrected chi connectivity index (χ3v) is 5.14. The molecule has 1 atom stereocenters. The maximum absolute atomic E-state index is 13.6. The summed E-state index contributed by atoms with van der Waals surface area (Å²) < 4.78 is 56.8. The molecule has 0 aromatic heterocycles. The lowest BCUT2D eigenvalue weighted by molar-refractivity contribution is -0.384. The molecule has 0 bridgehead atoms. The molecule has 0 aliphatic heterocycles. The standard InChI is InChI=1S/C17H17F2N3O6S/c1-10(21(29(3,26)27)11-4-6-13(18)14(19)8-11)17(23)20-15-9-12(22(24)25)5-7-16(15)28-2/h4-10H,1-3H3,(H,20,23). The molecule has 9 nitrogen and oxygen atoms in total. The fourth-order valence-electron chi connectivity index (χ4n) is 2.58. The van der Waals surface area contributed by atoms with Crippen molar-refractivity contribution in [3.05, 3.63) is 58.1 Å². The summed E-state index contributed by atoms with van der Waals surface area (Å²) >= 11 is 0. The van der Waals surface area contributed by atoms with Crippen LogP contribution in [0, 0.1) is 21.7 Å². The minimum absolute atomic E-state index is 0.0581. The fraction of sp³-hybridized carbons (Fsp3) is 0.235. The first-order chi connectivity index (χ1) is 13.5. The van der Waals surface area contributed by atoms with Crippen LogP contribution in [0.5, 0.6) is 5.75 Å². The van der Waals surface area contributed by atoms with Crippen LogP contribution in [0.1, 0.15) is 6.92 Å². The quantitative estimate of drug-likeness (QED) is 0.534. The van der Waals surface area contributed by atoms with Gasteiger partial charge < -0.3 is 10.1 Å². The molecule has 0 spiro atoms. The van der Waals surface area contributed by atoms with Gasteiger partial charge in [-0.05, 0) is 25.1 Å². The average Bonchev–Trinajstić information content (AvgIpc) is 2.63. The van der Waals surface area contributed by atoms with Gasteiger partial charge in [-0.25, -0.2) is 17.2 Å². The van der Waals surface area contributed by atoms with E-state index in [4.69, 9.17) is 4.74 Å². The first kappa shape index (κ1) is 22.0. The van der Waals surface area contributed by atoms with Gasteiger partial charge in [0.15, 0.2) is 11.6 Å². The van der Waals surface area contributed by atoms with Gasteiger partial charge in [0.25, 0.3) is 5.69 Å². The van der Waals surface area contributed by atoms with Crippen LogP contribution in [0.2, 0.25) is 0 Å². The number of anilines is 2. The first-order valence-electron chi connectivity index (χ1n) is 8.03. The number of nitro groups is 1. The third kappa shape index (κ3) is 4.96. The van der Waals surface area contributed by atoms with E-state index in [1.54, 1.807) is 0 Å². The van der Waals surface area contributed by atoms with E-state index in [0.717, 1.165) is 24.5 Å². The van der Waals surface area contributed by atoms with Crippen molar-refractivity contribution in [2.24, 2.45) is 0 Å². The maximum Gasteiger partial charge on any atom is 0.271 e. The number of hydrogen-bond acceptors (Lipinski definition) is 6. The molecule has 29 heavy (non-hydrogen) atoms. The Bertz CT molecular complexity index is 1060. The van der Waals surface area contributed by atoms with Gasteiger partial charge in [-0.2, -0.15) is 0 Å². The van der Waals surface area contributed by atoms with E-state index >= 15 is 0 Å². The SMILES string of the molecule is COc1ccc([N+](=O)[O-])cc1NC(=O)C(C)N(c1ccc(F)c(F)c1)S(C)(=O)=O. The van der Waals surface area contributed by atoms with Crippen molar-refractivity contribution in [3.63, 3.8) is 0 Å². The lowest BCUT2D eigenvalue weighted by Crippen LogP contribution is -2.45. The highest BCUT2D eigenvalue weighted by Crippen LogP contribution is 2.30. The number of rotatable bonds is 7. The van der Waals surface area contributed by atoms with Crippen LogP contribution in [-0.4, -0.2) is 38.7 Å². The monoisotopic (exact) mass is 429 g/mol. The zero-order valence-corrected chi connectivity index (χ0v) is 16.4. The molecule has 0 saturated heterocycles. The van der Waals surface area contributed by atoms with E-state index in [1.165, 1.54) is 26.2 Å². The molecule has 0 heterocycles. The molecule has 0 radical (unpaired) electrons. The number of halogens is 2. The molecular formula is C17H17F2N3O6S. The zero-order valence-electron chi connectivity index (χ0n) is 15.5. The Morgan fingerprint density at radius 3 is 2.38 bits per heavy atom. The Hall–Kier alpha value is -3.28. The molecule has 0 aliphatic carbocycles. The number of hydrogen-bond donors (Lipinski definition) is 1. The molecule has 1 unspecified atom stereocenters. The second-order valence-electron chi connectivity index (χ2n) is 5.96. The van der Waals surface area contributed by atoms with Crippen molar-refractivity contribution in [1.82, 2.24) is 0 Å². The summed E-state index contributed by atoms with van der Waals surface area (Å²) in [5.41, 5.74) is -0.647. The fourth-order valence-corrected chi connectivity index (χ4v) is 3.74. The minimum atomic E-state index is -4.08. The van der Waals surface area contributed by atoms with Crippen molar-refractivity contribution >= 4 is 33.0 Å². The van der Waals surface area contributed by atoms with Crippen LogP contribution in [0.25, 0.3) is 0 Å². The van der Waals surface area contributed by atoms with Crippen LogP contribution in [0.4, 0.5) is 25.8 Å². The number of methoxy groups -OCH3 is 1. The predicted octanol–water partition coefficient (Wildman–Crippen LogP) is 2.67. The van der Waals surface area contributed by atoms with Gasteiger partial charge in [0.1, 0.15) is 11.8 Å². The molecule has 0 saturated carbocycles. The molecule has 2 aromatic rings. The van der Waals surface area contributed by atoms with Crippen molar-refractivity contribution in [3.8, 4) is 5.75 Å². The summed E-state index contributed by atoms with van der Waals surface area (Å²) in [5, 5.41) is 13.3. The number of non-ortho nitro benzene ring substituents is 1. The molecular weight excluding hydrogens is 412 g/mol. The van der Waals surface area contributed by atoms with Gasteiger partial charge in [0, 0.05) is 18.2 Å². The van der Waals surface area contributed by atoms with E-state index < -0.39 is 38.5 Å². The van der Waals surface area contributed by atoms with Gasteiger partial charge >= 0.3 is 0 Å². The lowest BCUT2D eigenvalue weighted by Gasteiger charge is -2.28. The highest BCUT2D eigenvalue weighted by atomic mass is 32.2. The van der Waals surface area contributed by atoms with Gasteiger partial charge in [-0.1, -0.05) is 0 Å². The van der Waals surface area contributed by atoms with E-state index in [1.807, 2.05) is 0 Å². The maximum atomic E-state index is 13.6. The number of nitrogens with one attached hydrogen (secondary N) is 1. The topological polar surface area (TPSA) is 119 Å². The van der Waals surface area contributed by atoms with Crippen LogP contribution in [0.3, 0.4) is 0 Å². The van der Waals surface area contributed by atoms with E-state index in [9.17, 15) is 32.1 Å². The van der Waals surface area contributed by atoms with E-state index in [-0.39, 0.29) is 22.8 Å². The van der Waals surface area contributed by atoms with Crippen LogP contribution in [-0.2, 0) is 14.8 Å². The molecule has 2 rings (SSSR count). The molecule has 156 valence electrons. The second kappa shape index (κ2) is 8.39. The number of amides is 1. The number of carbonyl (C=O) groups is 1. The molecule has 0 fully saturated rings.